The Morgan fingerprint density at radius 3 is 3.00 bits per heavy atom. The van der Waals surface area contributed by atoms with Gasteiger partial charge in [0.1, 0.15) is 12.1 Å². The molecule has 0 bridgehead atoms. The van der Waals surface area contributed by atoms with Crippen LogP contribution in [0.15, 0.2) is 4.52 Å². The summed E-state index contributed by atoms with van der Waals surface area (Å²) in [5.41, 5.74) is 0. The van der Waals surface area contributed by atoms with Crippen LogP contribution < -0.4 is 0 Å². The third-order valence-electron chi connectivity index (χ3n) is 4.51. The molecular weight excluding hydrogens is 282 g/mol. The zero-order chi connectivity index (χ0) is 15.4. The van der Waals surface area contributed by atoms with Gasteiger partial charge in [-0.25, -0.2) is 0 Å². The molecule has 0 saturated carbocycles. The lowest BCUT2D eigenvalue weighted by Crippen LogP contribution is -2.44. The average molecular weight is 307 g/mol. The molecule has 22 heavy (non-hydrogen) atoms. The molecule has 1 aromatic rings. The highest BCUT2D eigenvalue weighted by Gasteiger charge is 2.36. The van der Waals surface area contributed by atoms with E-state index in [0.29, 0.717) is 12.5 Å². The maximum absolute atomic E-state index is 12.7. The van der Waals surface area contributed by atoms with Gasteiger partial charge in [-0.3, -0.25) is 4.79 Å². The second-order valence-corrected chi connectivity index (χ2v) is 6.20. The van der Waals surface area contributed by atoms with E-state index in [4.69, 9.17) is 9.26 Å². The first kappa shape index (κ1) is 15.5. The van der Waals surface area contributed by atoms with Crippen LogP contribution in [-0.2, 0) is 16.0 Å². The minimum Gasteiger partial charge on any atom is -0.368 e. The zero-order valence-electron chi connectivity index (χ0n) is 13.3. The topological polar surface area (TPSA) is 68.5 Å². The van der Waals surface area contributed by atoms with Crippen molar-refractivity contribution in [1.82, 2.24) is 15.0 Å². The van der Waals surface area contributed by atoms with Crippen molar-refractivity contribution in [3.63, 3.8) is 0 Å². The Morgan fingerprint density at radius 1 is 1.32 bits per heavy atom. The molecular formula is C16H25N3O3. The van der Waals surface area contributed by atoms with Crippen LogP contribution in [0, 0.1) is 0 Å². The van der Waals surface area contributed by atoms with Crippen LogP contribution in [0.4, 0.5) is 0 Å². The van der Waals surface area contributed by atoms with E-state index in [2.05, 4.69) is 17.1 Å². The van der Waals surface area contributed by atoms with Crippen LogP contribution in [0.25, 0.3) is 0 Å². The number of hydrogen-bond acceptors (Lipinski definition) is 5. The van der Waals surface area contributed by atoms with Gasteiger partial charge >= 0.3 is 0 Å². The largest absolute Gasteiger partial charge is 0.368 e. The number of hydrogen-bond donors (Lipinski definition) is 0. The van der Waals surface area contributed by atoms with Crippen LogP contribution in [0.2, 0.25) is 0 Å². The summed E-state index contributed by atoms with van der Waals surface area (Å²) in [5, 5.41) is 4.06. The molecule has 0 radical (unpaired) electrons. The van der Waals surface area contributed by atoms with Crippen molar-refractivity contribution in [2.24, 2.45) is 0 Å². The first-order valence-corrected chi connectivity index (χ1v) is 8.54. The minimum atomic E-state index is -0.275. The summed E-state index contributed by atoms with van der Waals surface area (Å²) in [4.78, 5) is 19.1. The first-order valence-electron chi connectivity index (χ1n) is 8.54. The number of aromatic nitrogens is 2. The summed E-state index contributed by atoms with van der Waals surface area (Å²) in [6.45, 7) is 3.59. The predicted octanol–water partition coefficient (Wildman–Crippen LogP) is 2.64. The van der Waals surface area contributed by atoms with Crippen molar-refractivity contribution in [3.05, 3.63) is 11.7 Å². The molecule has 2 atom stereocenters. The van der Waals surface area contributed by atoms with Gasteiger partial charge < -0.3 is 14.2 Å². The van der Waals surface area contributed by atoms with Gasteiger partial charge in [0.2, 0.25) is 5.89 Å². The molecule has 2 fully saturated rings. The molecule has 2 aliphatic rings. The lowest BCUT2D eigenvalue weighted by atomic mass is 10.0. The van der Waals surface area contributed by atoms with Gasteiger partial charge in [0.15, 0.2) is 5.82 Å². The lowest BCUT2D eigenvalue weighted by Gasteiger charge is -2.34. The van der Waals surface area contributed by atoms with Crippen LogP contribution >= 0.6 is 0 Å². The first-order chi connectivity index (χ1) is 10.8. The van der Waals surface area contributed by atoms with E-state index < -0.39 is 0 Å². The molecule has 0 unspecified atom stereocenters. The number of carbonyl (C=O) groups is 1. The molecule has 3 heterocycles. The van der Waals surface area contributed by atoms with E-state index in [1.54, 1.807) is 0 Å². The molecule has 2 saturated heterocycles. The number of likely N-dealkylation sites (tertiary alicyclic amines) is 1. The number of piperidine rings is 1. The van der Waals surface area contributed by atoms with Crippen molar-refractivity contribution in [3.8, 4) is 0 Å². The highest BCUT2D eigenvalue weighted by atomic mass is 16.5. The molecule has 1 aromatic heterocycles. The van der Waals surface area contributed by atoms with E-state index in [9.17, 15) is 4.79 Å². The van der Waals surface area contributed by atoms with Crippen LogP contribution in [0.3, 0.4) is 0 Å². The fraction of sp³-hybridized carbons (Fsp3) is 0.812. The number of carbonyl (C=O) groups excluding carboxylic acids is 1. The van der Waals surface area contributed by atoms with Gasteiger partial charge in [0.05, 0.1) is 0 Å². The monoisotopic (exact) mass is 307 g/mol. The fourth-order valence-electron chi connectivity index (χ4n) is 3.25. The van der Waals surface area contributed by atoms with Crippen LogP contribution in [0.5, 0.6) is 0 Å². The SMILES string of the molecule is CCCCc1noc([C@@H]2CCCCN2C(=O)[C@@H]2CCCO2)n1. The van der Waals surface area contributed by atoms with Crippen molar-refractivity contribution in [2.45, 2.75) is 70.4 Å². The number of nitrogens with zero attached hydrogens (tertiary/aromatic N) is 3. The Hall–Kier alpha value is -1.43. The number of amides is 1. The Bertz CT molecular complexity index is 497. The maximum Gasteiger partial charge on any atom is 0.252 e. The number of ether oxygens (including phenoxy) is 1. The summed E-state index contributed by atoms with van der Waals surface area (Å²) in [5.74, 6) is 1.44. The van der Waals surface area contributed by atoms with Crippen molar-refractivity contribution in [2.75, 3.05) is 13.2 Å². The lowest BCUT2D eigenvalue weighted by molar-refractivity contribution is -0.145. The second kappa shape index (κ2) is 7.22. The Labute approximate surface area is 131 Å². The normalized spacial score (nSPS) is 25.6. The molecule has 2 aliphatic heterocycles. The van der Waals surface area contributed by atoms with Gasteiger partial charge in [0, 0.05) is 19.6 Å². The number of rotatable bonds is 5. The maximum atomic E-state index is 12.7. The predicted molar refractivity (Wildman–Crippen MR) is 80.2 cm³/mol. The average Bonchev–Trinajstić information content (AvgIpc) is 3.24. The minimum absolute atomic E-state index is 0.0756. The highest BCUT2D eigenvalue weighted by Crippen LogP contribution is 2.32. The summed E-state index contributed by atoms with van der Waals surface area (Å²) >= 11 is 0. The van der Waals surface area contributed by atoms with Gasteiger partial charge in [-0.05, 0) is 38.5 Å². The van der Waals surface area contributed by atoms with Crippen LogP contribution in [-0.4, -0.2) is 40.2 Å². The molecule has 0 N–H and O–H groups in total. The molecule has 122 valence electrons. The van der Waals surface area contributed by atoms with Gasteiger partial charge in [-0.2, -0.15) is 4.98 Å². The quantitative estimate of drug-likeness (QED) is 0.836. The summed E-state index contributed by atoms with van der Waals surface area (Å²) in [6, 6.07) is -0.0756. The Balaban J connectivity index is 1.71. The highest BCUT2D eigenvalue weighted by molar-refractivity contribution is 5.81. The van der Waals surface area contributed by atoms with Crippen molar-refractivity contribution >= 4 is 5.91 Å². The van der Waals surface area contributed by atoms with Crippen LogP contribution in [0.1, 0.15) is 69.6 Å². The zero-order valence-corrected chi connectivity index (χ0v) is 13.3. The van der Waals surface area contributed by atoms with Gasteiger partial charge in [0.25, 0.3) is 5.91 Å². The fourth-order valence-corrected chi connectivity index (χ4v) is 3.25. The smallest absolute Gasteiger partial charge is 0.252 e. The molecule has 3 rings (SSSR count). The second-order valence-electron chi connectivity index (χ2n) is 6.20. The third-order valence-corrected chi connectivity index (χ3v) is 4.51. The summed E-state index contributed by atoms with van der Waals surface area (Å²) in [6.07, 6.45) is 7.55. The number of unbranched alkanes of at least 4 members (excludes halogenated alkanes) is 1. The van der Waals surface area contributed by atoms with Gasteiger partial charge in [-0.1, -0.05) is 18.5 Å². The Morgan fingerprint density at radius 2 is 2.23 bits per heavy atom. The Kier molecular flexibility index (Phi) is 5.08. The van der Waals surface area contributed by atoms with E-state index in [1.165, 1.54) is 0 Å². The van der Waals surface area contributed by atoms with E-state index in [0.717, 1.165) is 63.7 Å². The number of aryl methyl sites for hydroxylation is 1. The molecule has 6 nitrogen and oxygen atoms in total. The molecule has 0 spiro atoms. The van der Waals surface area contributed by atoms with Gasteiger partial charge in [-0.15, -0.1) is 0 Å². The summed E-state index contributed by atoms with van der Waals surface area (Å²) in [7, 11) is 0. The third kappa shape index (κ3) is 3.32. The van der Waals surface area contributed by atoms with E-state index in [-0.39, 0.29) is 18.1 Å². The van der Waals surface area contributed by atoms with Crippen molar-refractivity contribution < 1.29 is 14.1 Å². The summed E-state index contributed by atoms with van der Waals surface area (Å²) < 4.78 is 11.0. The molecule has 0 aliphatic carbocycles. The van der Waals surface area contributed by atoms with E-state index in [1.807, 2.05) is 4.90 Å². The molecule has 6 heteroatoms. The van der Waals surface area contributed by atoms with E-state index >= 15 is 0 Å². The van der Waals surface area contributed by atoms with Crippen molar-refractivity contribution in [1.29, 1.82) is 0 Å². The molecule has 0 aromatic carbocycles. The molecule has 1 amide bonds. The standard InChI is InChI=1S/C16H25N3O3/c1-2-3-9-14-17-15(22-18-14)12-7-4-5-10-19(12)16(20)13-8-6-11-21-13/h12-13H,2-11H2,1H3/t12-,13-/m0/s1.